The fraction of sp³-hybridized carbons (Fsp3) is 0.636. The van der Waals surface area contributed by atoms with E-state index in [4.69, 9.17) is 11.6 Å². The Bertz CT molecular complexity index is 1100. The van der Waals surface area contributed by atoms with Gasteiger partial charge in [0.1, 0.15) is 11.5 Å². The van der Waals surface area contributed by atoms with Crippen LogP contribution in [0, 0.1) is 0 Å². The summed E-state index contributed by atoms with van der Waals surface area (Å²) in [5.74, 6) is -4.72. The van der Waals surface area contributed by atoms with Gasteiger partial charge in [-0.3, -0.25) is 14.5 Å². The quantitative estimate of drug-likeness (QED) is 0.482. The van der Waals surface area contributed by atoms with Gasteiger partial charge >= 0.3 is 6.18 Å². The smallest absolute Gasteiger partial charge is 0.350 e. The van der Waals surface area contributed by atoms with Gasteiger partial charge < -0.3 is 5.32 Å². The van der Waals surface area contributed by atoms with Crippen LogP contribution < -0.4 is 5.32 Å². The second-order valence-corrected chi connectivity index (χ2v) is 11.7. The standard InChI is InChI=1S/C22H27ClF5N3O4S.ClH/c1-15(32)13-36(34,35)31-10-8-30(9-11-31)20(4-6-21(24,25)7-5-20)14-29-19(33)17-3-2-16(12-18(17)23)22(26,27)28;/h2-3,12H,4-11,13-14H2,1H3,(H,29,33);1H. The second-order valence-electron chi connectivity index (χ2n) is 9.30. The highest BCUT2D eigenvalue weighted by atomic mass is 35.5. The van der Waals surface area contributed by atoms with Crippen LogP contribution in [0.25, 0.3) is 0 Å². The first-order valence-electron chi connectivity index (χ1n) is 11.3. The summed E-state index contributed by atoms with van der Waals surface area (Å²) in [4.78, 5) is 25.9. The number of hydrogen-bond acceptors (Lipinski definition) is 5. The van der Waals surface area contributed by atoms with Crippen molar-refractivity contribution in [3.05, 3.63) is 34.3 Å². The van der Waals surface area contributed by atoms with Gasteiger partial charge in [0.25, 0.3) is 5.91 Å². The van der Waals surface area contributed by atoms with Crippen molar-refractivity contribution in [2.24, 2.45) is 0 Å². The Balaban J connectivity index is 0.00000481. The van der Waals surface area contributed by atoms with Gasteiger partial charge in [-0.1, -0.05) is 11.6 Å². The predicted octanol–water partition coefficient (Wildman–Crippen LogP) is 3.99. The minimum absolute atomic E-state index is 0. The highest BCUT2D eigenvalue weighted by Gasteiger charge is 2.48. The molecule has 1 amide bonds. The number of Topliss-reactive ketones (excluding diaryl/α,β-unsaturated/α-hetero) is 1. The van der Waals surface area contributed by atoms with Crippen LogP contribution in [-0.2, 0) is 21.0 Å². The molecule has 0 spiro atoms. The van der Waals surface area contributed by atoms with Crippen molar-refractivity contribution < 1.29 is 40.0 Å². The Hall–Kier alpha value is -1.54. The lowest BCUT2D eigenvalue weighted by atomic mass is 9.78. The lowest BCUT2D eigenvalue weighted by Gasteiger charge is -2.50. The van der Waals surface area contributed by atoms with E-state index in [1.165, 1.54) is 11.2 Å². The first kappa shape index (κ1) is 31.7. The largest absolute Gasteiger partial charge is 0.416 e. The van der Waals surface area contributed by atoms with Crippen molar-refractivity contribution >= 4 is 45.7 Å². The Morgan fingerprint density at radius 2 is 1.62 bits per heavy atom. The predicted molar refractivity (Wildman–Crippen MR) is 130 cm³/mol. The molecule has 1 saturated heterocycles. The second kappa shape index (κ2) is 11.7. The van der Waals surface area contributed by atoms with Crippen LogP contribution in [0.1, 0.15) is 48.5 Å². The lowest BCUT2D eigenvalue weighted by Crippen LogP contribution is -2.63. The fourth-order valence-corrected chi connectivity index (χ4v) is 6.37. The van der Waals surface area contributed by atoms with Gasteiger partial charge in [-0.15, -0.1) is 12.4 Å². The van der Waals surface area contributed by atoms with Crippen molar-refractivity contribution in [2.45, 2.75) is 50.2 Å². The molecule has 0 aromatic heterocycles. The van der Waals surface area contributed by atoms with E-state index >= 15 is 0 Å². The van der Waals surface area contributed by atoms with Crippen LogP contribution in [0.5, 0.6) is 0 Å². The van der Waals surface area contributed by atoms with Crippen LogP contribution in [0.2, 0.25) is 5.02 Å². The number of sulfonamides is 1. The van der Waals surface area contributed by atoms with E-state index in [2.05, 4.69) is 5.32 Å². The van der Waals surface area contributed by atoms with Crippen molar-refractivity contribution in [3.8, 4) is 0 Å². The van der Waals surface area contributed by atoms with Gasteiger partial charge in [-0.2, -0.15) is 17.5 Å². The zero-order valence-electron chi connectivity index (χ0n) is 19.9. The summed E-state index contributed by atoms with van der Waals surface area (Å²) < 4.78 is 92.6. The monoisotopic (exact) mass is 595 g/mol. The van der Waals surface area contributed by atoms with E-state index in [-0.39, 0.29) is 63.5 Å². The zero-order chi connectivity index (χ0) is 26.9. The van der Waals surface area contributed by atoms with Crippen molar-refractivity contribution in [1.82, 2.24) is 14.5 Å². The lowest BCUT2D eigenvalue weighted by molar-refractivity contribution is -0.137. The molecule has 0 atom stereocenters. The number of alkyl halides is 5. The van der Waals surface area contributed by atoms with Gasteiger partial charge in [-0.05, 0) is 38.0 Å². The summed E-state index contributed by atoms with van der Waals surface area (Å²) in [7, 11) is -3.78. The maximum Gasteiger partial charge on any atom is 0.416 e. The van der Waals surface area contributed by atoms with Gasteiger partial charge in [0.15, 0.2) is 0 Å². The first-order valence-corrected chi connectivity index (χ1v) is 13.3. The third kappa shape index (κ3) is 7.75. The summed E-state index contributed by atoms with van der Waals surface area (Å²) >= 11 is 5.91. The molecule has 1 aliphatic heterocycles. The van der Waals surface area contributed by atoms with Crippen LogP contribution >= 0.6 is 24.0 Å². The Morgan fingerprint density at radius 1 is 1.05 bits per heavy atom. The van der Waals surface area contributed by atoms with E-state index < -0.39 is 68.5 Å². The van der Waals surface area contributed by atoms with E-state index in [1.807, 2.05) is 4.90 Å². The zero-order valence-corrected chi connectivity index (χ0v) is 22.3. The number of carbonyl (C=O) groups is 2. The summed E-state index contributed by atoms with van der Waals surface area (Å²) in [5, 5.41) is 2.24. The summed E-state index contributed by atoms with van der Waals surface area (Å²) in [6.07, 6.45) is -5.42. The number of ketones is 1. The summed E-state index contributed by atoms with van der Waals surface area (Å²) in [5.41, 5.74) is -2.08. The van der Waals surface area contributed by atoms with Gasteiger partial charge in [-0.25, -0.2) is 17.2 Å². The number of hydrogen-bond donors (Lipinski definition) is 1. The molecule has 37 heavy (non-hydrogen) atoms. The van der Waals surface area contributed by atoms with Gasteiger partial charge in [0, 0.05) is 51.1 Å². The molecule has 0 unspecified atom stereocenters. The molecule has 3 rings (SSSR count). The van der Waals surface area contributed by atoms with E-state index in [1.54, 1.807) is 0 Å². The maximum atomic E-state index is 14.0. The topological polar surface area (TPSA) is 86.8 Å². The molecule has 15 heteroatoms. The van der Waals surface area contributed by atoms with Crippen LogP contribution in [0.15, 0.2) is 18.2 Å². The number of nitrogens with zero attached hydrogens (tertiary/aromatic N) is 2. The number of amides is 1. The molecule has 1 saturated carbocycles. The number of nitrogens with one attached hydrogen (secondary N) is 1. The minimum Gasteiger partial charge on any atom is -0.350 e. The summed E-state index contributed by atoms with van der Waals surface area (Å²) in [6, 6.07) is 2.34. The van der Waals surface area contributed by atoms with E-state index in [0.29, 0.717) is 6.07 Å². The third-order valence-electron chi connectivity index (χ3n) is 6.72. The number of benzene rings is 1. The Kier molecular flexibility index (Phi) is 10.0. The highest BCUT2D eigenvalue weighted by molar-refractivity contribution is 7.89. The van der Waals surface area contributed by atoms with E-state index in [9.17, 15) is 40.0 Å². The molecule has 0 radical (unpaired) electrons. The van der Waals surface area contributed by atoms with E-state index in [0.717, 1.165) is 12.1 Å². The van der Waals surface area contributed by atoms with Crippen LogP contribution in [-0.4, -0.2) is 79.3 Å². The Morgan fingerprint density at radius 3 is 2.11 bits per heavy atom. The van der Waals surface area contributed by atoms with Gasteiger partial charge in [0.2, 0.25) is 15.9 Å². The van der Waals surface area contributed by atoms with Crippen LogP contribution in [0.4, 0.5) is 22.0 Å². The molecule has 2 fully saturated rings. The molecule has 1 N–H and O–H groups in total. The number of halogens is 7. The van der Waals surface area contributed by atoms with Crippen molar-refractivity contribution in [1.29, 1.82) is 0 Å². The number of carbonyl (C=O) groups excluding carboxylic acids is 2. The molecule has 2 aliphatic rings. The van der Waals surface area contributed by atoms with Gasteiger partial charge in [0.05, 0.1) is 16.1 Å². The average molecular weight is 596 g/mol. The average Bonchev–Trinajstić information content (AvgIpc) is 2.77. The summed E-state index contributed by atoms with van der Waals surface area (Å²) in [6.45, 7) is 1.65. The third-order valence-corrected chi connectivity index (χ3v) is 8.96. The molecular formula is C22H28Cl2F5N3O4S. The normalized spacial score (nSPS) is 20.6. The number of piperazine rings is 1. The Labute approximate surface area is 223 Å². The SMILES string of the molecule is CC(=O)CS(=O)(=O)N1CCN(C2(CNC(=O)c3ccc(C(F)(F)F)cc3Cl)CCC(F)(F)CC2)CC1.Cl. The first-order chi connectivity index (χ1) is 16.5. The fourth-order valence-electron chi connectivity index (χ4n) is 4.69. The molecule has 1 aliphatic carbocycles. The molecule has 1 aromatic rings. The molecular weight excluding hydrogens is 568 g/mol. The molecule has 7 nitrogen and oxygen atoms in total. The molecule has 0 bridgehead atoms. The number of rotatable bonds is 7. The van der Waals surface area contributed by atoms with Crippen molar-refractivity contribution in [3.63, 3.8) is 0 Å². The van der Waals surface area contributed by atoms with Crippen molar-refractivity contribution in [2.75, 3.05) is 38.5 Å². The molecule has 1 heterocycles. The highest BCUT2D eigenvalue weighted by Crippen LogP contribution is 2.42. The van der Waals surface area contributed by atoms with Crippen LogP contribution in [0.3, 0.4) is 0 Å². The molecule has 210 valence electrons. The molecule has 1 aromatic carbocycles. The maximum absolute atomic E-state index is 14.0. The minimum atomic E-state index is -4.63.